The van der Waals surface area contributed by atoms with E-state index in [1.807, 2.05) is 24.3 Å². The maximum absolute atomic E-state index is 12.1. The van der Waals surface area contributed by atoms with Gasteiger partial charge in [-0.15, -0.1) is 0 Å². The molecule has 0 aliphatic heterocycles. The molecule has 0 saturated heterocycles. The third kappa shape index (κ3) is 3.61. The zero-order chi connectivity index (χ0) is 14.7. The molecule has 2 rings (SSSR count). The van der Waals surface area contributed by atoms with Gasteiger partial charge in [-0.2, -0.15) is 0 Å². The van der Waals surface area contributed by atoms with Gasteiger partial charge in [-0.3, -0.25) is 0 Å². The first-order chi connectivity index (χ1) is 9.47. The van der Waals surface area contributed by atoms with Crippen LogP contribution >= 0.6 is 31.9 Å². The van der Waals surface area contributed by atoms with Crippen LogP contribution in [0.25, 0.3) is 0 Å². The lowest BCUT2D eigenvalue weighted by molar-refractivity contribution is 0.0472. The first-order valence-corrected chi connectivity index (χ1v) is 7.53. The summed E-state index contributed by atoms with van der Waals surface area (Å²) in [6, 6.07) is 11.1. The summed E-state index contributed by atoms with van der Waals surface area (Å²) >= 11 is 6.69. The molecule has 2 N–H and O–H groups in total. The molecular formula is C15H13Br2NO2. The van der Waals surface area contributed by atoms with Crippen LogP contribution < -0.4 is 5.73 Å². The Morgan fingerprint density at radius 1 is 1.15 bits per heavy atom. The van der Waals surface area contributed by atoms with E-state index in [-0.39, 0.29) is 12.6 Å². The van der Waals surface area contributed by atoms with Crippen molar-refractivity contribution < 1.29 is 9.53 Å². The van der Waals surface area contributed by atoms with Gasteiger partial charge >= 0.3 is 5.97 Å². The number of carbonyl (C=O) groups is 1. The van der Waals surface area contributed by atoms with E-state index in [1.54, 1.807) is 19.1 Å². The van der Waals surface area contributed by atoms with Gasteiger partial charge in [-0.1, -0.05) is 44.0 Å². The molecule has 0 amide bonds. The molecule has 5 heteroatoms. The van der Waals surface area contributed by atoms with Crippen LogP contribution in [0.2, 0.25) is 0 Å². The highest BCUT2D eigenvalue weighted by Gasteiger charge is 2.13. The van der Waals surface area contributed by atoms with Gasteiger partial charge in [0.15, 0.2) is 0 Å². The van der Waals surface area contributed by atoms with Crippen LogP contribution in [-0.2, 0) is 11.3 Å². The number of ether oxygens (including phenoxy) is 1. The van der Waals surface area contributed by atoms with Crippen LogP contribution in [0, 0.1) is 6.92 Å². The SMILES string of the molecule is Cc1c(N)cc(Br)cc1C(=O)OCc1ccc(Br)cc1. The Morgan fingerprint density at radius 2 is 1.80 bits per heavy atom. The average Bonchev–Trinajstić information content (AvgIpc) is 2.42. The van der Waals surface area contributed by atoms with E-state index in [9.17, 15) is 4.79 Å². The predicted octanol–water partition coefficient (Wildman–Crippen LogP) is 4.46. The van der Waals surface area contributed by atoms with Crippen molar-refractivity contribution in [3.05, 3.63) is 62.0 Å². The second-order valence-electron chi connectivity index (χ2n) is 4.37. The quantitative estimate of drug-likeness (QED) is 0.613. The number of rotatable bonds is 3. The fraction of sp³-hybridized carbons (Fsp3) is 0.133. The van der Waals surface area contributed by atoms with Crippen molar-refractivity contribution >= 4 is 43.5 Å². The minimum Gasteiger partial charge on any atom is -0.457 e. The summed E-state index contributed by atoms with van der Waals surface area (Å²) in [5.74, 6) is -0.376. The number of esters is 1. The van der Waals surface area contributed by atoms with E-state index < -0.39 is 0 Å². The minimum absolute atomic E-state index is 0.234. The lowest BCUT2D eigenvalue weighted by atomic mass is 10.1. The van der Waals surface area contributed by atoms with Crippen LogP contribution in [-0.4, -0.2) is 5.97 Å². The number of benzene rings is 2. The zero-order valence-electron chi connectivity index (χ0n) is 10.8. The average molecular weight is 399 g/mol. The van der Waals surface area contributed by atoms with E-state index in [4.69, 9.17) is 10.5 Å². The number of nitrogen functional groups attached to an aromatic ring is 1. The normalized spacial score (nSPS) is 10.3. The lowest BCUT2D eigenvalue weighted by Gasteiger charge is -2.10. The zero-order valence-corrected chi connectivity index (χ0v) is 14.0. The van der Waals surface area contributed by atoms with E-state index in [1.165, 1.54) is 0 Å². The topological polar surface area (TPSA) is 52.3 Å². The van der Waals surface area contributed by atoms with E-state index in [0.29, 0.717) is 11.3 Å². The molecule has 0 atom stereocenters. The fourth-order valence-electron chi connectivity index (χ4n) is 1.72. The monoisotopic (exact) mass is 397 g/mol. The van der Waals surface area contributed by atoms with Gasteiger partial charge in [0.25, 0.3) is 0 Å². The lowest BCUT2D eigenvalue weighted by Crippen LogP contribution is -2.08. The van der Waals surface area contributed by atoms with Crippen molar-refractivity contribution in [3.8, 4) is 0 Å². The van der Waals surface area contributed by atoms with E-state index in [2.05, 4.69) is 31.9 Å². The van der Waals surface area contributed by atoms with Gasteiger partial charge in [0.2, 0.25) is 0 Å². The largest absolute Gasteiger partial charge is 0.457 e. The Hall–Kier alpha value is -1.33. The summed E-state index contributed by atoms with van der Waals surface area (Å²) in [7, 11) is 0. The molecule has 2 aromatic rings. The molecule has 0 saturated carbocycles. The maximum Gasteiger partial charge on any atom is 0.338 e. The summed E-state index contributed by atoms with van der Waals surface area (Å²) in [6.07, 6.45) is 0. The molecule has 0 heterocycles. The molecule has 0 unspecified atom stereocenters. The molecule has 0 aliphatic carbocycles. The summed E-state index contributed by atoms with van der Waals surface area (Å²) in [4.78, 5) is 12.1. The maximum atomic E-state index is 12.1. The summed E-state index contributed by atoms with van der Waals surface area (Å²) in [5.41, 5.74) is 8.55. The fourth-order valence-corrected chi connectivity index (χ4v) is 2.46. The molecule has 104 valence electrons. The Balaban J connectivity index is 2.11. The predicted molar refractivity (Wildman–Crippen MR) is 86.6 cm³/mol. The third-order valence-corrected chi connectivity index (χ3v) is 3.90. The standard InChI is InChI=1S/C15H13Br2NO2/c1-9-13(6-12(17)7-14(9)18)15(19)20-8-10-2-4-11(16)5-3-10/h2-7H,8,18H2,1H3. The highest BCUT2D eigenvalue weighted by Crippen LogP contribution is 2.23. The van der Waals surface area contributed by atoms with Crippen LogP contribution in [0.3, 0.4) is 0 Å². The molecule has 3 nitrogen and oxygen atoms in total. The van der Waals surface area contributed by atoms with Crippen molar-refractivity contribution in [2.75, 3.05) is 5.73 Å². The summed E-state index contributed by atoms with van der Waals surface area (Å²) in [5, 5.41) is 0. The summed E-state index contributed by atoms with van der Waals surface area (Å²) in [6.45, 7) is 2.04. The van der Waals surface area contributed by atoms with Crippen molar-refractivity contribution in [1.29, 1.82) is 0 Å². The molecule has 0 bridgehead atoms. The number of carbonyl (C=O) groups excluding carboxylic acids is 1. The molecule has 0 aliphatic rings. The second-order valence-corrected chi connectivity index (χ2v) is 6.20. The summed E-state index contributed by atoms with van der Waals surface area (Å²) < 4.78 is 7.06. The number of nitrogens with two attached hydrogens (primary N) is 1. The number of hydrogen-bond acceptors (Lipinski definition) is 3. The van der Waals surface area contributed by atoms with Gasteiger partial charge in [-0.25, -0.2) is 4.79 Å². The van der Waals surface area contributed by atoms with Crippen molar-refractivity contribution in [2.45, 2.75) is 13.5 Å². The van der Waals surface area contributed by atoms with Crippen molar-refractivity contribution in [2.24, 2.45) is 0 Å². The van der Waals surface area contributed by atoms with Gasteiger partial charge in [0.05, 0.1) is 5.56 Å². The van der Waals surface area contributed by atoms with Crippen LogP contribution in [0.1, 0.15) is 21.5 Å². The Labute approximate surface area is 134 Å². The van der Waals surface area contributed by atoms with Gasteiger partial charge < -0.3 is 10.5 Å². The second kappa shape index (κ2) is 6.41. The van der Waals surface area contributed by atoms with Crippen molar-refractivity contribution in [1.82, 2.24) is 0 Å². The minimum atomic E-state index is -0.376. The molecule has 0 radical (unpaired) electrons. The van der Waals surface area contributed by atoms with Gasteiger partial charge in [-0.05, 0) is 42.3 Å². The number of anilines is 1. The molecule has 2 aromatic carbocycles. The number of hydrogen-bond donors (Lipinski definition) is 1. The van der Waals surface area contributed by atoms with E-state index in [0.717, 1.165) is 20.1 Å². The Kier molecular flexibility index (Phi) is 4.83. The first kappa shape index (κ1) is 15.1. The third-order valence-electron chi connectivity index (χ3n) is 2.92. The smallest absolute Gasteiger partial charge is 0.338 e. The molecule has 0 spiro atoms. The van der Waals surface area contributed by atoms with Gasteiger partial charge in [0.1, 0.15) is 6.61 Å². The molecular weight excluding hydrogens is 386 g/mol. The van der Waals surface area contributed by atoms with Crippen LogP contribution in [0.5, 0.6) is 0 Å². The van der Waals surface area contributed by atoms with Gasteiger partial charge in [0, 0.05) is 14.6 Å². The van der Waals surface area contributed by atoms with Crippen LogP contribution in [0.15, 0.2) is 45.3 Å². The number of halogens is 2. The Bertz CT molecular complexity index is 639. The molecule has 0 fully saturated rings. The Morgan fingerprint density at radius 3 is 2.45 bits per heavy atom. The van der Waals surface area contributed by atoms with E-state index >= 15 is 0 Å². The highest BCUT2D eigenvalue weighted by molar-refractivity contribution is 9.10. The highest BCUT2D eigenvalue weighted by atomic mass is 79.9. The molecule has 20 heavy (non-hydrogen) atoms. The molecule has 0 aromatic heterocycles. The van der Waals surface area contributed by atoms with Crippen LogP contribution in [0.4, 0.5) is 5.69 Å². The first-order valence-electron chi connectivity index (χ1n) is 5.94. The van der Waals surface area contributed by atoms with Crippen molar-refractivity contribution in [3.63, 3.8) is 0 Å².